The molecule has 1 aromatic carbocycles. The molecule has 22 heavy (non-hydrogen) atoms. The lowest BCUT2D eigenvalue weighted by molar-refractivity contribution is 0.561. The molecule has 0 saturated carbocycles. The molecule has 0 fully saturated rings. The molecule has 3 aromatic rings. The summed E-state index contributed by atoms with van der Waals surface area (Å²) in [6.07, 6.45) is 2.22. The molecule has 2 aromatic heterocycles. The molecule has 0 unspecified atom stereocenters. The summed E-state index contributed by atoms with van der Waals surface area (Å²) in [4.78, 5) is 6.25. The van der Waals surface area contributed by atoms with Gasteiger partial charge in [-0.2, -0.15) is 4.80 Å². The maximum atomic E-state index is 4.65. The smallest absolute Gasteiger partial charge is 0.204 e. The summed E-state index contributed by atoms with van der Waals surface area (Å²) in [6, 6.07) is 9.87. The van der Waals surface area contributed by atoms with Crippen LogP contribution in [0.5, 0.6) is 0 Å². The van der Waals surface area contributed by atoms with Gasteiger partial charge in [0.15, 0.2) is 0 Å². The Balaban J connectivity index is 1.65. The Bertz CT molecular complexity index is 717. The van der Waals surface area contributed by atoms with Gasteiger partial charge in [-0.15, -0.1) is 21.5 Å². The molecule has 0 aliphatic heterocycles. The largest absolute Gasteiger partial charge is 0.244 e. The average Bonchev–Trinajstić information content (AvgIpc) is 3.16. The minimum absolute atomic E-state index is 0.567. The summed E-state index contributed by atoms with van der Waals surface area (Å²) in [6.45, 7) is 5.04. The third kappa shape index (κ3) is 3.76. The minimum Gasteiger partial charge on any atom is -0.244 e. The maximum absolute atomic E-state index is 4.65. The van der Waals surface area contributed by atoms with Crippen molar-refractivity contribution in [1.29, 1.82) is 0 Å². The van der Waals surface area contributed by atoms with E-state index in [1.54, 1.807) is 16.1 Å². The van der Waals surface area contributed by atoms with Crippen LogP contribution in [0.2, 0.25) is 0 Å². The lowest BCUT2D eigenvalue weighted by atomic mass is 10.1. The van der Waals surface area contributed by atoms with Crippen molar-refractivity contribution in [3.05, 3.63) is 46.4 Å². The molecule has 114 valence electrons. The molecule has 0 spiro atoms. The fourth-order valence-corrected chi connectivity index (χ4v) is 2.91. The summed E-state index contributed by atoms with van der Waals surface area (Å²) in [5, 5.41) is 15.9. The number of aryl methyl sites for hydroxylation is 1. The number of hydrogen-bond acceptors (Lipinski definition) is 5. The molecule has 0 amide bonds. The van der Waals surface area contributed by atoms with E-state index in [0.717, 1.165) is 17.7 Å². The van der Waals surface area contributed by atoms with Crippen molar-refractivity contribution in [3.63, 3.8) is 0 Å². The van der Waals surface area contributed by atoms with Crippen LogP contribution in [0.15, 0.2) is 35.7 Å². The first kappa shape index (κ1) is 14.8. The normalized spacial score (nSPS) is 11.2. The highest BCUT2D eigenvalue weighted by atomic mass is 32.1. The van der Waals surface area contributed by atoms with Gasteiger partial charge in [0, 0.05) is 10.9 Å². The predicted molar refractivity (Wildman–Crippen MR) is 87.6 cm³/mol. The number of benzene rings is 1. The number of aromatic nitrogens is 5. The van der Waals surface area contributed by atoms with Crippen LogP contribution in [0.25, 0.3) is 11.4 Å². The molecule has 0 saturated heterocycles. The quantitative estimate of drug-likeness (QED) is 0.699. The third-order valence-electron chi connectivity index (χ3n) is 3.32. The number of thiazole rings is 1. The first-order chi connectivity index (χ1) is 10.7. The lowest BCUT2D eigenvalue weighted by Gasteiger charge is -2.00. The highest BCUT2D eigenvalue weighted by Gasteiger charge is 2.08. The highest BCUT2D eigenvalue weighted by molar-refractivity contribution is 7.09. The van der Waals surface area contributed by atoms with Crippen molar-refractivity contribution in [2.24, 2.45) is 5.92 Å². The fraction of sp³-hybridized carbons (Fsp3) is 0.375. The van der Waals surface area contributed by atoms with Crippen molar-refractivity contribution in [3.8, 4) is 11.4 Å². The van der Waals surface area contributed by atoms with Gasteiger partial charge < -0.3 is 0 Å². The molecular formula is C16H19N5S. The SMILES string of the molecule is CC(C)CCc1nc(Cn2nnc(-c3ccccc3)n2)cs1. The van der Waals surface area contributed by atoms with Crippen LogP contribution in [0.4, 0.5) is 0 Å². The van der Waals surface area contributed by atoms with E-state index in [1.807, 2.05) is 30.3 Å². The Morgan fingerprint density at radius 3 is 2.77 bits per heavy atom. The molecular weight excluding hydrogens is 294 g/mol. The van der Waals surface area contributed by atoms with Gasteiger partial charge in [-0.3, -0.25) is 0 Å². The Morgan fingerprint density at radius 1 is 1.18 bits per heavy atom. The van der Waals surface area contributed by atoms with Crippen molar-refractivity contribution in [2.45, 2.75) is 33.2 Å². The monoisotopic (exact) mass is 313 g/mol. The van der Waals surface area contributed by atoms with Crippen LogP contribution in [-0.2, 0) is 13.0 Å². The molecule has 0 bridgehead atoms. The van der Waals surface area contributed by atoms with Crippen LogP contribution in [0, 0.1) is 5.92 Å². The topological polar surface area (TPSA) is 56.5 Å². The van der Waals surface area contributed by atoms with E-state index in [-0.39, 0.29) is 0 Å². The second-order valence-corrected chi connectivity index (χ2v) is 6.62. The molecule has 5 nitrogen and oxygen atoms in total. The summed E-state index contributed by atoms with van der Waals surface area (Å²) in [7, 11) is 0. The van der Waals surface area contributed by atoms with E-state index in [9.17, 15) is 0 Å². The van der Waals surface area contributed by atoms with Gasteiger partial charge in [-0.05, 0) is 24.0 Å². The predicted octanol–water partition coefficient (Wildman–Crippen LogP) is 3.43. The third-order valence-corrected chi connectivity index (χ3v) is 4.28. The van der Waals surface area contributed by atoms with E-state index in [2.05, 4.69) is 39.6 Å². The number of rotatable bonds is 6. The standard InChI is InChI=1S/C16H19N5S/c1-12(2)8-9-15-17-14(11-22-15)10-21-19-16(18-20-21)13-6-4-3-5-7-13/h3-7,11-12H,8-10H2,1-2H3. The second-order valence-electron chi connectivity index (χ2n) is 5.67. The zero-order chi connectivity index (χ0) is 15.4. The summed E-state index contributed by atoms with van der Waals surface area (Å²) in [5.74, 6) is 1.36. The van der Waals surface area contributed by atoms with E-state index in [0.29, 0.717) is 18.3 Å². The Hall–Kier alpha value is -2.08. The molecule has 0 radical (unpaired) electrons. The number of tetrazole rings is 1. The molecule has 3 rings (SSSR count). The molecule has 2 heterocycles. The fourth-order valence-electron chi connectivity index (χ4n) is 2.11. The van der Waals surface area contributed by atoms with Crippen LogP contribution in [-0.4, -0.2) is 25.2 Å². The summed E-state index contributed by atoms with van der Waals surface area (Å²) in [5.41, 5.74) is 1.98. The van der Waals surface area contributed by atoms with Gasteiger partial charge >= 0.3 is 0 Å². The van der Waals surface area contributed by atoms with E-state index < -0.39 is 0 Å². The van der Waals surface area contributed by atoms with E-state index in [1.165, 1.54) is 11.4 Å². The summed E-state index contributed by atoms with van der Waals surface area (Å²) < 4.78 is 0. The van der Waals surface area contributed by atoms with Gasteiger partial charge in [0.25, 0.3) is 0 Å². The van der Waals surface area contributed by atoms with Crippen molar-refractivity contribution in [2.75, 3.05) is 0 Å². The highest BCUT2D eigenvalue weighted by Crippen LogP contribution is 2.16. The number of nitrogens with zero attached hydrogens (tertiary/aromatic N) is 5. The van der Waals surface area contributed by atoms with Crippen molar-refractivity contribution >= 4 is 11.3 Å². The first-order valence-electron chi connectivity index (χ1n) is 7.47. The van der Waals surface area contributed by atoms with Gasteiger partial charge in [-0.1, -0.05) is 44.2 Å². The lowest BCUT2D eigenvalue weighted by Crippen LogP contribution is -2.04. The van der Waals surface area contributed by atoms with Gasteiger partial charge in [0.2, 0.25) is 5.82 Å². The zero-order valence-corrected chi connectivity index (χ0v) is 13.6. The molecule has 0 aliphatic rings. The van der Waals surface area contributed by atoms with E-state index >= 15 is 0 Å². The Morgan fingerprint density at radius 2 is 2.00 bits per heavy atom. The van der Waals surface area contributed by atoms with Gasteiger partial charge in [0.1, 0.15) is 6.54 Å². The molecule has 0 N–H and O–H groups in total. The molecule has 0 aliphatic carbocycles. The van der Waals surface area contributed by atoms with Crippen molar-refractivity contribution in [1.82, 2.24) is 25.2 Å². The van der Waals surface area contributed by atoms with Crippen molar-refractivity contribution < 1.29 is 0 Å². The Kier molecular flexibility index (Phi) is 4.58. The van der Waals surface area contributed by atoms with Crippen LogP contribution in [0.3, 0.4) is 0 Å². The minimum atomic E-state index is 0.567. The number of hydrogen-bond donors (Lipinski definition) is 0. The second kappa shape index (κ2) is 6.79. The van der Waals surface area contributed by atoms with Gasteiger partial charge in [0.05, 0.1) is 10.7 Å². The van der Waals surface area contributed by atoms with E-state index in [4.69, 9.17) is 0 Å². The van der Waals surface area contributed by atoms with Crippen LogP contribution >= 0.6 is 11.3 Å². The average molecular weight is 313 g/mol. The van der Waals surface area contributed by atoms with Crippen LogP contribution in [0.1, 0.15) is 31.0 Å². The zero-order valence-electron chi connectivity index (χ0n) is 12.8. The Labute approximate surface area is 134 Å². The molecule has 6 heteroatoms. The summed E-state index contributed by atoms with van der Waals surface area (Å²) >= 11 is 1.71. The first-order valence-corrected chi connectivity index (χ1v) is 8.35. The molecule has 0 atom stereocenters. The van der Waals surface area contributed by atoms with Gasteiger partial charge in [-0.25, -0.2) is 4.98 Å². The maximum Gasteiger partial charge on any atom is 0.204 e. The van der Waals surface area contributed by atoms with Crippen LogP contribution < -0.4 is 0 Å².